The summed E-state index contributed by atoms with van der Waals surface area (Å²) in [5, 5.41) is 11.8. The van der Waals surface area contributed by atoms with Crippen LogP contribution in [0.25, 0.3) is 10.4 Å². The average molecular weight is 199 g/mol. The van der Waals surface area contributed by atoms with Crippen LogP contribution < -0.4 is 0 Å². The second-order valence-electron chi connectivity index (χ2n) is 2.96. The van der Waals surface area contributed by atoms with Gasteiger partial charge in [-0.2, -0.15) is 0 Å². The molecular weight excluding hydrogens is 186 g/mol. The molecule has 6 heteroatoms. The summed E-state index contributed by atoms with van der Waals surface area (Å²) in [7, 11) is 0. The van der Waals surface area contributed by atoms with E-state index >= 15 is 0 Å². The fourth-order valence-corrected chi connectivity index (χ4v) is 1.18. The largest absolute Gasteiger partial charge is 0.481 e. The molecule has 0 aromatic rings. The van der Waals surface area contributed by atoms with E-state index in [2.05, 4.69) is 10.0 Å². The quantitative estimate of drug-likeness (QED) is 0.212. The maximum absolute atomic E-state index is 10.4. The molecule has 0 heterocycles. The zero-order valence-corrected chi connectivity index (χ0v) is 7.80. The lowest BCUT2D eigenvalue weighted by atomic mass is 9.96. The molecule has 1 unspecified atom stereocenters. The van der Waals surface area contributed by atoms with E-state index in [0.717, 1.165) is 6.29 Å². The number of aldehydes is 1. The summed E-state index contributed by atoms with van der Waals surface area (Å²) >= 11 is 0. The Kier molecular flexibility index (Phi) is 7.17. The number of hydrogen-bond donors (Lipinski definition) is 1. The standard InChI is InChI=1S/C8H13N3O3/c9-11-10-4-1-2-7(3-5-12)6-8(13)14/h5,7H,1-4,6H2,(H,13,14). The number of carbonyl (C=O) groups is 2. The molecular formula is C8H13N3O3. The minimum absolute atomic E-state index is 0.00495. The van der Waals surface area contributed by atoms with Crippen LogP contribution in [0.1, 0.15) is 25.7 Å². The highest BCUT2D eigenvalue weighted by Crippen LogP contribution is 2.14. The van der Waals surface area contributed by atoms with Gasteiger partial charge in [0.05, 0.1) is 0 Å². The fraction of sp³-hybridized carbons (Fsp3) is 0.750. The van der Waals surface area contributed by atoms with Gasteiger partial charge in [0, 0.05) is 24.3 Å². The number of carboxylic acids is 1. The van der Waals surface area contributed by atoms with E-state index in [0.29, 0.717) is 19.4 Å². The Morgan fingerprint density at radius 3 is 2.86 bits per heavy atom. The van der Waals surface area contributed by atoms with Crippen molar-refractivity contribution in [3.05, 3.63) is 10.4 Å². The Hall–Kier alpha value is -1.55. The van der Waals surface area contributed by atoms with Gasteiger partial charge in [-0.15, -0.1) is 0 Å². The summed E-state index contributed by atoms with van der Waals surface area (Å²) in [4.78, 5) is 23.2. The molecule has 0 aromatic heterocycles. The highest BCUT2D eigenvalue weighted by Gasteiger charge is 2.11. The zero-order chi connectivity index (χ0) is 10.8. The maximum Gasteiger partial charge on any atom is 0.303 e. The smallest absolute Gasteiger partial charge is 0.303 e. The first-order valence-corrected chi connectivity index (χ1v) is 4.37. The molecule has 0 aliphatic heterocycles. The predicted octanol–water partition coefficient (Wildman–Crippen LogP) is 1.76. The molecule has 0 amide bonds. The third-order valence-corrected chi connectivity index (χ3v) is 1.83. The molecule has 0 radical (unpaired) electrons. The summed E-state index contributed by atoms with van der Waals surface area (Å²) < 4.78 is 0. The Labute approximate surface area is 81.5 Å². The van der Waals surface area contributed by atoms with Gasteiger partial charge in [-0.1, -0.05) is 5.11 Å². The van der Waals surface area contributed by atoms with Gasteiger partial charge < -0.3 is 9.90 Å². The van der Waals surface area contributed by atoms with Crippen LogP contribution in [0.15, 0.2) is 5.11 Å². The molecule has 0 spiro atoms. The molecule has 0 saturated heterocycles. The Balaban J connectivity index is 3.77. The third kappa shape index (κ3) is 7.12. The summed E-state index contributed by atoms with van der Waals surface area (Å²) in [6.45, 7) is 0.353. The first kappa shape index (κ1) is 12.4. The van der Waals surface area contributed by atoms with E-state index in [4.69, 9.17) is 10.6 Å². The molecule has 1 N–H and O–H groups in total. The Morgan fingerprint density at radius 2 is 2.36 bits per heavy atom. The van der Waals surface area contributed by atoms with E-state index in [1.165, 1.54) is 0 Å². The highest BCUT2D eigenvalue weighted by molar-refractivity contribution is 5.67. The molecule has 0 aliphatic carbocycles. The number of nitrogens with zero attached hydrogens (tertiary/aromatic N) is 3. The van der Waals surface area contributed by atoms with Crippen molar-refractivity contribution in [3.63, 3.8) is 0 Å². The molecule has 1 atom stereocenters. The lowest BCUT2D eigenvalue weighted by Crippen LogP contribution is -2.08. The first-order valence-electron chi connectivity index (χ1n) is 4.37. The Bertz CT molecular complexity index is 236. The van der Waals surface area contributed by atoms with E-state index in [1.54, 1.807) is 0 Å². The van der Waals surface area contributed by atoms with Crippen LogP contribution in [-0.2, 0) is 9.59 Å². The van der Waals surface area contributed by atoms with Crippen molar-refractivity contribution >= 4 is 12.3 Å². The van der Waals surface area contributed by atoms with E-state index in [1.807, 2.05) is 0 Å². The summed E-state index contributed by atoms with van der Waals surface area (Å²) in [5.74, 6) is -1.04. The fourth-order valence-electron chi connectivity index (χ4n) is 1.18. The van der Waals surface area contributed by atoms with Gasteiger partial charge in [0.25, 0.3) is 0 Å². The van der Waals surface area contributed by atoms with Gasteiger partial charge in [-0.25, -0.2) is 0 Å². The zero-order valence-electron chi connectivity index (χ0n) is 7.80. The lowest BCUT2D eigenvalue weighted by Gasteiger charge is -2.09. The first-order chi connectivity index (χ1) is 6.70. The van der Waals surface area contributed by atoms with Crippen LogP contribution in [0.2, 0.25) is 0 Å². The van der Waals surface area contributed by atoms with Gasteiger partial charge in [-0.05, 0) is 24.3 Å². The van der Waals surface area contributed by atoms with Crippen molar-refractivity contribution < 1.29 is 14.7 Å². The molecule has 0 rings (SSSR count). The molecule has 0 aliphatic rings. The molecule has 0 bridgehead atoms. The molecule has 78 valence electrons. The molecule has 6 nitrogen and oxygen atoms in total. The van der Waals surface area contributed by atoms with Crippen molar-refractivity contribution in [2.24, 2.45) is 11.0 Å². The normalized spacial score (nSPS) is 11.4. The van der Waals surface area contributed by atoms with Crippen LogP contribution in [0.4, 0.5) is 0 Å². The average Bonchev–Trinajstić information content (AvgIpc) is 2.12. The SMILES string of the molecule is [N-]=[N+]=NCCCC(CC=O)CC(=O)O. The van der Waals surface area contributed by atoms with Crippen LogP contribution in [0, 0.1) is 5.92 Å². The number of carboxylic acid groups (broad SMARTS) is 1. The third-order valence-electron chi connectivity index (χ3n) is 1.83. The van der Waals surface area contributed by atoms with Crippen molar-refractivity contribution in [2.75, 3.05) is 6.54 Å². The summed E-state index contributed by atoms with van der Waals surface area (Å²) in [6, 6.07) is 0. The molecule has 0 aromatic carbocycles. The Morgan fingerprint density at radius 1 is 1.64 bits per heavy atom. The number of azide groups is 1. The van der Waals surface area contributed by atoms with Crippen molar-refractivity contribution in [2.45, 2.75) is 25.7 Å². The maximum atomic E-state index is 10.4. The minimum atomic E-state index is -0.902. The molecule has 0 fully saturated rings. The number of carbonyl (C=O) groups excluding carboxylic acids is 1. The van der Waals surface area contributed by atoms with Gasteiger partial charge >= 0.3 is 5.97 Å². The molecule has 0 saturated carbocycles. The lowest BCUT2D eigenvalue weighted by molar-refractivity contribution is -0.138. The van der Waals surface area contributed by atoms with Crippen LogP contribution in [0.3, 0.4) is 0 Å². The van der Waals surface area contributed by atoms with E-state index in [-0.39, 0.29) is 18.8 Å². The van der Waals surface area contributed by atoms with Crippen molar-refractivity contribution in [1.82, 2.24) is 0 Å². The summed E-state index contributed by atoms with van der Waals surface area (Å²) in [6.07, 6.45) is 2.19. The van der Waals surface area contributed by atoms with Gasteiger partial charge in [0.15, 0.2) is 0 Å². The van der Waals surface area contributed by atoms with E-state index < -0.39 is 5.97 Å². The second-order valence-corrected chi connectivity index (χ2v) is 2.96. The predicted molar refractivity (Wildman–Crippen MR) is 49.7 cm³/mol. The summed E-state index contributed by atoms with van der Waals surface area (Å²) in [5.41, 5.74) is 7.99. The number of rotatable bonds is 8. The number of hydrogen-bond acceptors (Lipinski definition) is 3. The van der Waals surface area contributed by atoms with Gasteiger partial charge in [-0.3, -0.25) is 4.79 Å². The molecule has 14 heavy (non-hydrogen) atoms. The topological polar surface area (TPSA) is 103 Å². The van der Waals surface area contributed by atoms with E-state index in [9.17, 15) is 9.59 Å². The van der Waals surface area contributed by atoms with Crippen LogP contribution in [0.5, 0.6) is 0 Å². The van der Waals surface area contributed by atoms with Crippen LogP contribution >= 0.6 is 0 Å². The van der Waals surface area contributed by atoms with Gasteiger partial charge in [0.2, 0.25) is 0 Å². The number of aliphatic carboxylic acids is 1. The monoisotopic (exact) mass is 199 g/mol. The highest BCUT2D eigenvalue weighted by atomic mass is 16.4. The minimum Gasteiger partial charge on any atom is -0.481 e. The second kappa shape index (κ2) is 8.07. The van der Waals surface area contributed by atoms with Crippen LogP contribution in [-0.4, -0.2) is 23.9 Å². The van der Waals surface area contributed by atoms with Crippen molar-refractivity contribution in [1.29, 1.82) is 0 Å². The van der Waals surface area contributed by atoms with Gasteiger partial charge in [0.1, 0.15) is 6.29 Å². The van der Waals surface area contributed by atoms with Crippen molar-refractivity contribution in [3.8, 4) is 0 Å².